The Bertz CT molecular complexity index is 1350. The molecular weight excluding hydrogens is 523 g/mol. The zero-order chi connectivity index (χ0) is 25.7. The molecule has 1 N–H and O–H groups in total. The summed E-state index contributed by atoms with van der Waals surface area (Å²) in [4.78, 5) is 27.9. The van der Waals surface area contributed by atoms with E-state index in [-0.39, 0.29) is 30.1 Å². The number of rotatable bonds is 8. The summed E-state index contributed by atoms with van der Waals surface area (Å²) in [5.41, 5.74) is 2.62. The molecule has 0 saturated heterocycles. The molecule has 0 atom stereocenters. The molecule has 36 heavy (non-hydrogen) atoms. The summed E-state index contributed by atoms with van der Waals surface area (Å²) in [6, 6.07) is 24.3. The van der Waals surface area contributed by atoms with Gasteiger partial charge in [-0.05, 0) is 48.4 Å². The van der Waals surface area contributed by atoms with E-state index in [2.05, 4.69) is 26.3 Å². The second-order valence-electron chi connectivity index (χ2n) is 8.81. The van der Waals surface area contributed by atoms with E-state index in [1.54, 1.807) is 46.0 Å². The van der Waals surface area contributed by atoms with Gasteiger partial charge >= 0.3 is 0 Å². The lowest BCUT2D eigenvalue weighted by atomic mass is 10.1. The van der Waals surface area contributed by atoms with E-state index in [1.165, 1.54) is 12.1 Å². The van der Waals surface area contributed by atoms with Gasteiger partial charge in [-0.2, -0.15) is 5.10 Å². The van der Waals surface area contributed by atoms with Crippen LogP contribution in [0.15, 0.2) is 89.4 Å². The van der Waals surface area contributed by atoms with Gasteiger partial charge < -0.3 is 10.2 Å². The maximum atomic E-state index is 13.5. The highest BCUT2D eigenvalue weighted by Gasteiger charge is 2.22. The van der Waals surface area contributed by atoms with Crippen LogP contribution in [0.5, 0.6) is 0 Å². The van der Waals surface area contributed by atoms with Crippen molar-refractivity contribution in [2.45, 2.75) is 13.8 Å². The lowest BCUT2D eigenvalue weighted by Gasteiger charge is -2.24. The first-order valence-electron chi connectivity index (χ1n) is 11.6. The first-order valence-corrected chi connectivity index (χ1v) is 12.4. The minimum Gasteiger partial charge on any atom is -0.329 e. The predicted octanol–water partition coefficient (Wildman–Crippen LogP) is 6.18. The van der Waals surface area contributed by atoms with Crippen molar-refractivity contribution in [2.75, 3.05) is 18.4 Å². The summed E-state index contributed by atoms with van der Waals surface area (Å²) in [5.74, 6) is -0.359. The van der Waals surface area contributed by atoms with E-state index in [0.29, 0.717) is 29.3 Å². The summed E-state index contributed by atoms with van der Waals surface area (Å²) >= 11 is 3.40. The van der Waals surface area contributed by atoms with E-state index in [1.807, 2.05) is 50.2 Å². The molecular formula is C28H26BrFN4O2. The zero-order valence-corrected chi connectivity index (χ0v) is 21.6. The Balaban J connectivity index is 1.61. The van der Waals surface area contributed by atoms with Crippen LogP contribution in [-0.4, -0.2) is 39.6 Å². The van der Waals surface area contributed by atoms with Crippen molar-refractivity contribution in [2.24, 2.45) is 5.92 Å². The van der Waals surface area contributed by atoms with Crippen LogP contribution in [-0.2, 0) is 4.79 Å². The van der Waals surface area contributed by atoms with Crippen LogP contribution >= 0.6 is 15.9 Å². The third-order valence-corrected chi connectivity index (χ3v) is 5.89. The van der Waals surface area contributed by atoms with Crippen molar-refractivity contribution in [3.63, 3.8) is 0 Å². The number of carbonyl (C=O) groups excluding carboxylic acids is 2. The smallest absolute Gasteiger partial charge is 0.254 e. The standard InChI is InChI=1S/C28H26BrFN4O2/c1-19(2)17-33(28(36)21-9-6-10-22(29)15-21)18-27(35)31-26-16-25(20-7-4-3-5-8-20)32-34(26)24-13-11-23(30)12-14-24/h3-16,19H,17-18H2,1-2H3,(H,31,35). The molecule has 0 unspecified atom stereocenters. The number of amides is 2. The van der Waals surface area contributed by atoms with Gasteiger partial charge in [0.05, 0.1) is 11.4 Å². The number of hydrogen-bond donors (Lipinski definition) is 1. The maximum Gasteiger partial charge on any atom is 0.254 e. The van der Waals surface area contributed by atoms with Crippen LogP contribution in [0, 0.1) is 11.7 Å². The SMILES string of the molecule is CC(C)CN(CC(=O)Nc1cc(-c2ccccc2)nn1-c1ccc(F)cc1)C(=O)c1cccc(Br)c1. The fourth-order valence-corrected chi connectivity index (χ4v) is 4.22. The average Bonchev–Trinajstić information content (AvgIpc) is 3.27. The second kappa shape index (κ2) is 11.3. The minimum atomic E-state index is -0.366. The second-order valence-corrected chi connectivity index (χ2v) is 9.72. The molecule has 4 rings (SSSR count). The van der Waals surface area contributed by atoms with Crippen molar-refractivity contribution in [3.05, 3.63) is 101 Å². The van der Waals surface area contributed by atoms with Crippen LogP contribution in [0.2, 0.25) is 0 Å². The van der Waals surface area contributed by atoms with Crippen molar-refractivity contribution in [3.8, 4) is 16.9 Å². The fourth-order valence-electron chi connectivity index (χ4n) is 3.82. The number of hydrogen-bond acceptors (Lipinski definition) is 3. The topological polar surface area (TPSA) is 67.2 Å². The first kappa shape index (κ1) is 25.3. The van der Waals surface area contributed by atoms with Crippen LogP contribution < -0.4 is 5.32 Å². The van der Waals surface area contributed by atoms with E-state index in [9.17, 15) is 14.0 Å². The molecule has 0 fully saturated rings. The van der Waals surface area contributed by atoms with Gasteiger partial charge in [0, 0.05) is 28.2 Å². The Labute approximate surface area is 217 Å². The van der Waals surface area contributed by atoms with Gasteiger partial charge in [-0.15, -0.1) is 0 Å². The summed E-state index contributed by atoms with van der Waals surface area (Å²) in [7, 11) is 0. The van der Waals surface area contributed by atoms with E-state index in [0.717, 1.165) is 10.0 Å². The quantitative estimate of drug-likeness (QED) is 0.286. The number of nitrogens with one attached hydrogen (secondary N) is 1. The molecule has 1 heterocycles. The molecule has 0 radical (unpaired) electrons. The Hall–Kier alpha value is -3.78. The van der Waals surface area contributed by atoms with Gasteiger partial charge in [0.15, 0.2) is 0 Å². The van der Waals surface area contributed by atoms with E-state index >= 15 is 0 Å². The Morgan fingerprint density at radius 2 is 1.72 bits per heavy atom. The van der Waals surface area contributed by atoms with Gasteiger partial charge in [-0.1, -0.05) is 66.2 Å². The minimum absolute atomic E-state index is 0.126. The van der Waals surface area contributed by atoms with Crippen molar-refractivity contribution < 1.29 is 14.0 Å². The molecule has 3 aromatic carbocycles. The number of halogens is 2. The molecule has 0 aliphatic carbocycles. The molecule has 0 bridgehead atoms. The molecule has 8 heteroatoms. The largest absolute Gasteiger partial charge is 0.329 e. The van der Waals surface area contributed by atoms with Gasteiger partial charge in [-0.3, -0.25) is 9.59 Å². The van der Waals surface area contributed by atoms with Gasteiger partial charge in [0.2, 0.25) is 5.91 Å². The molecule has 0 aliphatic rings. The normalized spacial score (nSPS) is 10.9. The number of anilines is 1. The fraction of sp³-hybridized carbons (Fsp3) is 0.179. The highest BCUT2D eigenvalue weighted by molar-refractivity contribution is 9.10. The molecule has 0 aliphatic heterocycles. The third kappa shape index (κ3) is 6.26. The summed E-state index contributed by atoms with van der Waals surface area (Å²) in [6.45, 7) is 4.29. The first-order chi connectivity index (χ1) is 17.3. The van der Waals surface area contributed by atoms with Crippen molar-refractivity contribution in [1.82, 2.24) is 14.7 Å². The number of carbonyl (C=O) groups is 2. The number of nitrogens with zero attached hydrogens (tertiary/aromatic N) is 3. The summed E-state index contributed by atoms with van der Waals surface area (Å²) < 4.78 is 15.9. The van der Waals surface area contributed by atoms with Crippen LogP contribution in [0.3, 0.4) is 0 Å². The Morgan fingerprint density at radius 1 is 1.00 bits per heavy atom. The molecule has 6 nitrogen and oxygen atoms in total. The summed E-state index contributed by atoms with van der Waals surface area (Å²) in [6.07, 6.45) is 0. The van der Waals surface area contributed by atoms with Crippen LogP contribution in [0.25, 0.3) is 16.9 Å². The average molecular weight is 549 g/mol. The summed E-state index contributed by atoms with van der Waals surface area (Å²) in [5, 5.41) is 7.55. The number of aromatic nitrogens is 2. The highest BCUT2D eigenvalue weighted by Crippen LogP contribution is 2.25. The predicted molar refractivity (Wildman–Crippen MR) is 142 cm³/mol. The lowest BCUT2D eigenvalue weighted by molar-refractivity contribution is -0.117. The van der Waals surface area contributed by atoms with Crippen LogP contribution in [0.1, 0.15) is 24.2 Å². The zero-order valence-electron chi connectivity index (χ0n) is 20.0. The van der Waals surface area contributed by atoms with Gasteiger partial charge in [-0.25, -0.2) is 9.07 Å². The van der Waals surface area contributed by atoms with E-state index in [4.69, 9.17) is 0 Å². The van der Waals surface area contributed by atoms with Crippen LogP contribution in [0.4, 0.5) is 10.2 Å². The maximum absolute atomic E-state index is 13.5. The highest BCUT2D eigenvalue weighted by atomic mass is 79.9. The molecule has 0 spiro atoms. The van der Waals surface area contributed by atoms with Crippen molar-refractivity contribution >= 4 is 33.6 Å². The Morgan fingerprint density at radius 3 is 2.39 bits per heavy atom. The van der Waals surface area contributed by atoms with E-state index < -0.39 is 0 Å². The molecule has 184 valence electrons. The third-order valence-electron chi connectivity index (χ3n) is 5.40. The van der Waals surface area contributed by atoms with Gasteiger partial charge in [0.1, 0.15) is 18.2 Å². The lowest BCUT2D eigenvalue weighted by Crippen LogP contribution is -2.40. The monoisotopic (exact) mass is 548 g/mol. The molecule has 2 amide bonds. The van der Waals surface area contributed by atoms with Crippen molar-refractivity contribution in [1.29, 1.82) is 0 Å². The molecule has 4 aromatic rings. The van der Waals surface area contributed by atoms with Gasteiger partial charge in [0.25, 0.3) is 5.91 Å². The Kier molecular flexibility index (Phi) is 7.95. The molecule has 1 aromatic heterocycles. The number of benzene rings is 3. The molecule has 0 saturated carbocycles.